The van der Waals surface area contributed by atoms with Gasteiger partial charge in [0.05, 0.1) is 12.5 Å². The predicted molar refractivity (Wildman–Crippen MR) is 73.6 cm³/mol. The fraction of sp³-hybridized carbons (Fsp3) is 0.529. The van der Waals surface area contributed by atoms with Gasteiger partial charge in [0.25, 0.3) is 0 Å². The van der Waals surface area contributed by atoms with Crippen molar-refractivity contribution >= 4 is 11.6 Å². The Morgan fingerprint density at radius 1 is 1.29 bits per heavy atom. The number of Topliss-reactive ketones (excluding diaryl/α,β-unsaturated/α-hetero) is 2. The zero-order valence-corrected chi connectivity index (χ0v) is 11.8. The van der Waals surface area contributed by atoms with Crippen LogP contribution in [-0.2, 0) is 21.4 Å². The Bertz CT molecular complexity index is 707. The summed E-state index contributed by atoms with van der Waals surface area (Å²) in [5.41, 5.74) is 1.89. The average molecular weight is 284 g/mol. The fourth-order valence-corrected chi connectivity index (χ4v) is 5.34. The lowest BCUT2D eigenvalue weighted by Gasteiger charge is -2.43. The van der Waals surface area contributed by atoms with Gasteiger partial charge in [-0.1, -0.05) is 6.07 Å². The Morgan fingerprint density at radius 2 is 2.14 bits per heavy atom. The van der Waals surface area contributed by atoms with Crippen molar-refractivity contribution in [1.82, 2.24) is 0 Å². The van der Waals surface area contributed by atoms with E-state index in [1.807, 2.05) is 12.1 Å². The summed E-state index contributed by atoms with van der Waals surface area (Å²) >= 11 is 0. The Labute approximate surface area is 122 Å². The summed E-state index contributed by atoms with van der Waals surface area (Å²) in [6.45, 7) is 0. The van der Waals surface area contributed by atoms with Gasteiger partial charge >= 0.3 is 0 Å². The summed E-state index contributed by atoms with van der Waals surface area (Å²) in [4.78, 5) is 25.0. The molecule has 5 rings (SSSR count). The molecule has 1 aromatic rings. The number of methoxy groups -OCH3 is 1. The molecule has 108 valence electrons. The Balaban J connectivity index is 1.86. The van der Waals surface area contributed by atoms with Gasteiger partial charge in [0.15, 0.2) is 23.4 Å². The van der Waals surface area contributed by atoms with E-state index in [0.717, 1.165) is 18.4 Å². The maximum Gasteiger partial charge on any atom is 0.174 e. The van der Waals surface area contributed by atoms with Crippen LogP contribution in [0.2, 0.25) is 0 Å². The second-order valence-corrected chi connectivity index (χ2v) is 6.73. The number of hydrogen-bond acceptors (Lipinski definition) is 4. The summed E-state index contributed by atoms with van der Waals surface area (Å²) in [5, 5.41) is 0. The minimum atomic E-state index is -0.476. The lowest BCUT2D eigenvalue weighted by molar-refractivity contribution is -0.132. The van der Waals surface area contributed by atoms with Crippen LogP contribution in [0.15, 0.2) is 12.1 Å². The van der Waals surface area contributed by atoms with Gasteiger partial charge in [-0.3, -0.25) is 9.59 Å². The largest absolute Gasteiger partial charge is 0.493 e. The first-order chi connectivity index (χ1) is 10.2. The smallest absolute Gasteiger partial charge is 0.174 e. The highest BCUT2D eigenvalue weighted by Gasteiger charge is 2.68. The van der Waals surface area contributed by atoms with E-state index in [1.165, 1.54) is 5.56 Å². The van der Waals surface area contributed by atoms with E-state index in [1.54, 1.807) is 7.11 Å². The monoisotopic (exact) mass is 284 g/mol. The maximum absolute atomic E-state index is 12.5. The molecule has 0 N–H and O–H groups in total. The predicted octanol–water partition coefficient (Wildman–Crippen LogP) is 1.82. The van der Waals surface area contributed by atoms with Crippen LogP contribution < -0.4 is 9.47 Å². The van der Waals surface area contributed by atoms with Crippen molar-refractivity contribution in [3.63, 3.8) is 0 Å². The number of carbonyl (C=O) groups is 2. The van der Waals surface area contributed by atoms with Crippen LogP contribution in [0.4, 0.5) is 0 Å². The van der Waals surface area contributed by atoms with E-state index < -0.39 is 11.5 Å². The molecule has 1 heterocycles. The normalized spacial score (nSPS) is 38.2. The highest BCUT2D eigenvalue weighted by molar-refractivity contribution is 5.96. The van der Waals surface area contributed by atoms with Crippen molar-refractivity contribution in [3.05, 3.63) is 23.3 Å². The van der Waals surface area contributed by atoms with Crippen LogP contribution in [-0.4, -0.2) is 24.8 Å². The van der Waals surface area contributed by atoms with Gasteiger partial charge in [0.2, 0.25) is 0 Å². The van der Waals surface area contributed by atoms with Gasteiger partial charge in [0, 0.05) is 24.3 Å². The third-order valence-corrected chi connectivity index (χ3v) is 6.06. The molecule has 0 aromatic heterocycles. The van der Waals surface area contributed by atoms with Gasteiger partial charge < -0.3 is 9.47 Å². The molecule has 1 aliphatic heterocycles. The Hall–Kier alpha value is -1.84. The van der Waals surface area contributed by atoms with Gasteiger partial charge in [-0.25, -0.2) is 0 Å². The molecular formula is C17H16O4. The molecule has 21 heavy (non-hydrogen) atoms. The lowest BCUT2D eigenvalue weighted by atomic mass is 9.57. The Morgan fingerprint density at radius 3 is 2.95 bits per heavy atom. The number of hydrogen-bond donors (Lipinski definition) is 0. The molecule has 3 aliphatic carbocycles. The summed E-state index contributed by atoms with van der Waals surface area (Å²) in [5.74, 6) is 2.21. The zero-order chi connectivity index (χ0) is 14.4. The van der Waals surface area contributed by atoms with E-state index in [-0.39, 0.29) is 17.6 Å². The number of benzene rings is 1. The summed E-state index contributed by atoms with van der Waals surface area (Å²) < 4.78 is 11.5. The van der Waals surface area contributed by atoms with Crippen LogP contribution >= 0.6 is 0 Å². The van der Waals surface area contributed by atoms with Gasteiger partial charge in [-0.15, -0.1) is 0 Å². The molecule has 0 amide bonds. The molecule has 2 bridgehead atoms. The van der Waals surface area contributed by atoms with Crippen molar-refractivity contribution in [3.8, 4) is 11.5 Å². The summed E-state index contributed by atoms with van der Waals surface area (Å²) in [6.07, 6.45) is 2.14. The molecule has 4 atom stereocenters. The minimum absolute atomic E-state index is 0.0797. The van der Waals surface area contributed by atoms with Crippen LogP contribution in [0, 0.1) is 11.8 Å². The summed E-state index contributed by atoms with van der Waals surface area (Å²) in [7, 11) is 1.62. The zero-order valence-electron chi connectivity index (χ0n) is 11.8. The second-order valence-electron chi connectivity index (χ2n) is 6.73. The third kappa shape index (κ3) is 1.12. The highest BCUT2D eigenvalue weighted by atomic mass is 16.5. The summed E-state index contributed by atoms with van der Waals surface area (Å²) in [6, 6.07) is 3.95. The topological polar surface area (TPSA) is 52.6 Å². The molecule has 1 aromatic carbocycles. The first kappa shape index (κ1) is 11.8. The van der Waals surface area contributed by atoms with E-state index >= 15 is 0 Å². The average Bonchev–Trinajstić information content (AvgIpc) is 2.92. The first-order valence-electron chi connectivity index (χ1n) is 7.59. The molecule has 4 heteroatoms. The molecule has 0 unspecified atom stereocenters. The number of ether oxygens (including phenoxy) is 2. The Kier molecular flexibility index (Phi) is 1.96. The van der Waals surface area contributed by atoms with Gasteiger partial charge in [-0.05, 0) is 30.4 Å². The quantitative estimate of drug-likeness (QED) is 0.789. The van der Waals surface area contributed by atoms with Gasteiger partial charge in [-0.2, -0.15) is 0 Å². The van der Waals surface area contributed by atoms with Crippen molar-refractivity contribution < 1.29 is 19.1 Å². The van der Waals surface area contributed by atoms with Crippen LogP contribution in [0.5, 0.6) is 11.5 Å². The number of ketones is 2. The fourth-order valence-electron chi connectivity index (χ4n) is 5.34. The van der Waals surface area contributed by atoms with Crippen molar-refractivity contribution in [1.29, 1.82) is 0 Å². The molecule has 0 radical (unpaired) electrons. The van der Waals surface area contributed by atoms with E-state index in [9.17, 15) is 9.59 Å². The van der Waals surface area contributed by atoms with Crippen LogP contribution in [0.1, 0.15) is 30.4 Å². The molecular weight excluding hydrogens is 268 g/mol. The SMILES string of the molecule is COc1ccc2c3c1O[C@@H]1C(=O)CC[C@@H]4[C@H](C2)C(=O)C[C@@]314. The standard InChI is InChI=1S/C17H16O4/c1-20-13-5-2-8-6-9-10-3-4-11(18)16-17(10,7-12(9)19)14(8)15(13)21-16/h2,5,9-10,16H,3-4,6-7H2,1H3/t9-,10+,16+,17+/m0/s1. The van der Waals surface area contributed by atoms with E-state index in [4.69, 9.17) is 9.47 Å². The number of carbonyl (C=O) groups excluding carboxylic acids is 2. The highest BCUT2D eigenvalue weighted by Crippen LogP contribution is 2.65. The third-order valence-electron chi connectivity index (χ3n) is 6.06. The van der Waals surface area contributed by atoms with Crippen molar-refractivity contribution in [2.75, 3.05) is 7.11 Å². The van der Waals surface area contributed by atoms with Crippen LogP contribution in [0.3, 0.4) is 0 Å². The molecule has 0 saturated heterocycles. The van der Waals surface area contributed by atoms with Gasteiger partial charge in [0.1, 0.15) is 5.78 Å². The molecule has 4 nitrogen and oxygen atoms in total. The van der Waals surface area contributed by atoms with E-state index in [2.05, 4.69) is 0 Å². The lowest BCUT2D eigenvalue weighted by Crippen LogP contribution is -2.52. The molecule has 2 saturated carbocycles. The maximum atomic E-state index is 12.5. The molecule has 2 fully saturated rings. The number of rotatable bonds is 1. The van der Waals surface area contributed by atoms with Crippen molar-refractivity contribution in [2.24, 2.45) is 11.8 Å². The van der Waals surface area contributed by atoms with Crippen LogP contribution in [0.25, 0.3) is 0 Å². The first-order valence-corrected chi connectivity index (χ1v) is 7.59. The molecule has 1 spiro atoms. The van der Waals surface area contributed by atoms with E-state index in [0.29, 0.717) is 30.1 Å². The van der Waals surface area contributed by atoms with Crippen molar-refractivity contribution in [2.45, 2.75) is 37.2 Å². The molecule has 4 aliphatic rings. The minimum Gasteiger partial charge on any atom is -0.493 e. The second kappa shape index (κ2) is 3.49.